The fourth-order valence-electron chi connectivity index (χ4n) is 3.45. The molecule has 0 aliphatic carbocycles. The zero-order valence-corrected chi connectivity index (χ0v) is 14.2. The van der Waals surface area contributed by atoms with Gasteiger partial charge in [0.1, 0.15) is 6.04 Å². The highest BCUT2D eigenvalue weighted by Crippen LogP contribution is 2.25. The summed E-state index contributed by atoms with van der Waals surface area (Å²) < 4.78 is 1.61. The fourth-order valence-corrected chi connectivity index (χ4v) is 3.45. The first-order valence-corrected chi connectivity index (χ1v) is 8.37. The molecule has 0 saturated carbocycles. The summed E-state index contributed by atoms with van der Waals surface area (Å²) in [6.07, 6.45) is 4.60. The smallest absolute Gasteiger partial charge is 0.326 e. The topological polar surface area (TPSA) is 101 Å². The van der Waals surface area contributed by atoms with Crippen LogP contribution in [-0.4, -0.2) is 54.4 Å². The Kier molecular flexibility index (Phi) is 3.87. The molecule has 1 N–H and O–H groups in total. The number of carbonyl (C=O) groups excluding carboxylic acids is 1. The summed E-state index contributed by atoms with van der Waals surface area (Å²) in [5.41, 5.74) is 1.56. The van der Waals surface area contributed by atoms with Crippen LogP contribution in [0, 0.1) is 6.92 Å². The Hall–Kier alpha value is -3.29. The molecule has 0 unspecified atom stereocenters. The van der Waals surface area contributed by atoms with Gasteiger partial charge in [0.2, 0.25) is 0 Å². The Balaban J connectivity index is 1.75. The van der Waals surface area contributed by atoms with Gasteiger partial charge in [-0.25, -0.2) is 9.48 Å². The van der Waals surface area contributed by atoms with Gasteiger partial charge < -0.3 is 10.0 Å². The molecule has 1 fully saturated rings. The predicted molar refractivity (Wildman–Crippen MR) is 93.1 cm³/mol. The Labute approximate surface area is 149 Å². The molecule has 26 heavy (non-hydrogen) atoms. The molecule has 1 amide bonds. The quantitative estimate of drug-likeness (QED) is 0.772. The molecule has 4 rings (SSSR count). The third kappa shape index (κ3) is 2.50. The minimum absolute atomic E-state index is 0.184. The molecule has 0 bridgehead atoms. The Morgan fingerprint density at radius 1 is 1.27 bits per heavy atom. The van der Waals surface area contributed by atoms with E-state index in [1.165, 1.54) is 4.90 Å². The maximum Gasteiger partial charge on any atom is 0.326 e. The highest BCUT2D eigenvalue weighted by Gasteiger charge is 2.36. The van der Waals surface area contributed by atoms with E-state index < -0.39 is 12.0 Å². The van der Waals surface area contributed by atoms with Crippen LogP contribution in [0.1, 0.15) is 29.0 Å². The highest BCUT2D eigenvalue weighted by atomic mass is 16.4. The van der Waals surface area contributed by atoms with Gasteiger partial charge in [0.25, 0.3) is 5.91 Å². The second kappa shape index (κ2) is 6.21. The number of fused-ring (bicyclic) bond motifs is 1. The van der Waals surface area contributed by atoms with Gasteiger partial charge in [-0.1, -0.05) is 17.3 Å². The minimum Gasteiger partial charge on any atom is -0.480 e. The van der Waals surface area contributed by atoms with Crippen molar-refractivity contribution < 1.29 is 14.7 Å². The minimum atomic E-state index is -0.984. The van der Waals surface area contributed by atoms with Crippen LogP contribution < -0.4 is 0 Å². The van der Waals surface area contributed by atoms with E-state index in [9.17, 15) is 14.7 Å². The summed E-state index contributed by atoms with van der Waals surface area (Å²) >= 11 is 0. The number of aromatic nitrogens is 4. The third-order valence-corrected chi connectivity index (χ3v) is 4.78. The molecule has 1 aliphatic heterocycles. The number of hydrogen-bond donors (Lipinski definition) is 1. The molecule has 0 radical (unpaired) electrons. The van der Waals surface area contributed by atoms with Crippen LogP contribution >= 0.6 is 0 Å². The molecule has 1 saturated heterocycles. The summed E-state index contributed by atoms with van der Waals surface area (Å²) in [4.78, 5) is 29.7. The molecule has 8 heteroatoms. The number of likely N-dealkylation sites (tertiary alicyclic amines) is 1. The Morgan fingerprint density at radius 2 is 2.12 bits per heavy atom. The maximum atomic E-state index is 12.8. The van der Waals surface area contributed by atoms with Gasteiger partial charge in [-0.15, -0.1) is 5.10 Å². The van der Waals surface area contributed by atoms with Crippen molar-refractivity contribution in [2.45, 2.75) is 25.8 Å². The molecule has 2 aromatic heterocycles. The summed E-state index contributed by atoms with van der Waals surface area (Å²) in [5, 5.41) is 19.4. The van der Waals surface area contributed by atoms with Crippen molar-refractivity contribution in [1.29, 1.82) is 0 Å². The number of aliphatic carboxylic acids is 1. The van der Waals surface area contributed by atoms with Crippen molar-refractivity contribution in [2.24, 2.45) is 0 Å². The van der Waals surface area contributed by atoms with Crippen molar-refractivity contribution in [1.82, 2.24) is 24.9 Å². The maximum absolute atomic E-state index is 12.8. The van der Waals surface area contributed by atoms with E-state index in [1.54, 1.807) is 24.0 Å². The monoisotopic (exact) mass is 351 g/mol. The van der Waals surface area contributed by atoms with Crippen LogP contribution in [0.5, 0.6) is 0 Å². The number of carbonyl (C=O) groups is 2. The van der Waals surface area contributed by atoms with Crippen molar-refractivity contribution >= 4 is 22.6 Å². The lowest BCUT2D eigenvalue weighted by Crippen LogP contribution is -2.40. The van der Waals surface area contributed by atoms with Crippen molar-refractivity contribution in [3.63, 3.8) is 0 Å². The van der Waals surface area contributed by atoms with Gasteiger partial charge in [-0.2, -0.15) is 0 Å². The molecule has 1 aliphatic rings. The first kappa shape index (κ1) is 16.2. The van der Waals surface area contributed by atoms with Gasteiger partial charge in [0.05, 0.1) is 11.4 Å². The average molecular weight is 351 g/mol. The van der Waals surface area contributed by atoms with E-state index in [0.29, 0.717) is 25.1 Å². The van der Waals surface area contributed by atoms with Gasteiger partial charge >= 0.3 is 5.97 Å². The summed E-state index contributed by atoms with van der Waals surface area (Å²) in [5.74, 6) is -1.37. The number of amides is 1. The molecule has 8 nitrogen and oxygen atoms in total. The summed E-state index contributed by atoms with van der Waals surface area (Å²) in [7, 11) is 0. The van der Waals surface area contributed by atoms with E-state index in [-0.39, 0.29) is 11.6 Å². The molecule has 1 atom stereocenters. The molecule has 0 spiro atoms. The number of rotatable bonds is 3. The molecule has 1 aromatic carbocycles. The van der Waals surface area contributed by atoms with Gasteiger partial charge in [-0.3, -0.25) is 9.78 Å². The second-order valence-corrected chi connectivity index (χ2v) is 6.30. The van der Waals surface area contributed by atoms with Crippen LogP contribution in [0.15, 0.2) is 36.7 Å². The van der Waals surface area contributed by atoms with Gasteiger partial charge in [0.15, 0.2) is 5.69 Å². The third-order valence-electron chi connectivity index (χ3n) is 4.78. The van der Waals surface area contributed by atoms with Crippen molar-refractivity contribution in [3.05, 3.63) is 48.0 Å². The van der Waals surface area contributed by atoms with E-state index in [2.05, 4.69) is 15.3 Å². The SMILES string of the molecule is Cc1c(C(=O)N2CCC[C@@H]2C(=O)O)nnn1-c1cccc2cnccc12. The Bertz CT molecular complexity index is 1010. The predicted octanol–water partition coefficient (Wildman–Crippen LogP) is 1.81. The zero-order valence-electron chi connectivity index (χ0n) is 14.2. The molecule has 132 valence electrons. The van der Waals surface area contributed by atoms with Crippen LogP contribution in [0.4, 0.5) is 0 Å². The first-order chi connectivity index (χ1) is 12.6. The second-order valence-electron chi connectivity index (χ2n) is 6.30. The largest absolute Gasteiger partial charge is 0.480 e. The standard InChI is InChI=1S/C18H17N5O3/c1-11-16(17(24)22-9-3-6-15(22)18(25)26)20-21-23(11)14-5-2-4-12-10-19-8-7-13(12)14/h2,4-5,7-8,10,15H,3,6,9H2,1H3,(H,25,26)/t15-/m1/s1. The number of carboxylic acids is 1. The molecular formula is C18H17N5O3. The molecular weight excluding hydrogens is 334 g/mol. The van der Waals surface area contributed by atoms with Crippen LogP contribution in [0.3, 0.4) is 0 Å². The zero-order chi connectivity index (χ0) is 18.3. The summed E-state index contributed by atoms with van der Waals surface area (Å²) in [6, 6.07) is 6.83. The van der Waals surface area contributed by atoms with Gasteiger partial charge in [-0.05, 0) is 31.9 Å². The number of nitrogens with zero attached hydrogens (tertiary/aromatic N) is 5. The number of carboxylic acid groups (broad SMARTS) is 1. The van der Waals surface area contributed by atoms with E-state index in [1.807, 2.05) is 24.3 Å². The fraction of sp³-hybridized carbons (Fsp3) is 0.278. The molecule has 3 aromatic rings. The Morgan fingerprint density at radius 3 is 2.92 bits per heavy atom. The number of pyridine rings is 1. The van der Waals surface area contributed by atoms with Crippen molar-refractivity contribution in [2.75, 3.05) is 6.54 Å². The van der Waals surface area contributed by atoms with E-state index in [4.69, 9.17) is 0 Å². The highest BCUT2D eigenvalue weighted by molar-refractivity contribution is 5.96. The number of benzene rings is 1. The molecule has 3 heterocycles. The van der Waals surface area contributed by atoms with Crippen LogP contribution in [0.2, 0.25) is 0 Å². The van der Waals surface area contributed by atoms with E-state index in [0.717, 1.165) is 16.5 Å². The van der Waals surface area contributed by atoms with E-state index >= 15 is 0 Å². The lowest BCUT2D eigenvalue weighted by atomic mass is 10.1. The average Bonchev–Trinajstić information content (AvgIpc) is 3.28. The van der Waals surface area contributed by atoms with Crippen LogP contribution in [0.25, 0.3) is 16.5 Å². The van der Waals surface area contributed by atoms with Crippen LogP contribution in [-0.2, 0) is 4.79 Å². The number of hydrogen-bond acceptors (Lipinski definition) is 5. The summed E-state index contributed by atoms with van der Waals surface area (Å²) in [6.45, 7) is 2.18. The first-order valence-electron chi connectivity index (χ1n) is 8.37. The lowest BCUT2D eigenvalue weighted by molar-refractivity contribution is -0.141. The lowest BCUT2D eigenvalue weighted by Gasteiger charge is -2.20. The normalized spacial score (nSPS) is 17.0. The van der Waals surface area contributed by atoms with Crippen molar-refractivity contribution in [3.8, 4) is 5.69 Å². The van der Waals surface area contributed by atoms with Gasteiger partial charge in [0, 0.05) is 29.7 Å².